The van der Waals surface area contributed by atoms with Crippen LogP contribution in [-0.4, -0.2) is 23.2 Å². The lowest BCUT2D eigenvalue weighted by atomic mass is 10.0. The molecule has 1 aromatic heterocycles. The molecule has 0 radical (unpaired) electrons. The summed E-state index contributed by atoms with van der Waals surface area (Å²) in [5.74, 6) is 0.850. The third-order valence-electron chi connectivity index (χ3n) is 3.73. The molecule has 1 N–H and O–H groups in total. The second kappa shape index (κ2) is 5.97. The molecule has 0 spiro atoms. The van der Waals surface area contributed by atoms with Gasteiger partial charge in [-0.05, 0) is 37.6 Å². The lowest BCUT2D eigenvalue weighted by molar-refractivity contribution is 0.396. The summed E-state index contributed by atoms with van der Waals surface area (Å²) in [6.45, 7) is 1.07. The molecule has 0 bridgehead atoms. The molecule has 3 rings (SSSR count). The summed E-state index contributed by atoms with van der Waals surface area (Å²) in [4.78, 5) is 4.33. The van der Waals surface area contributed by atoms with Crippen molar-refractivity contribution >= 4 is 15.9 Å². The van der Waals surface area contributed by atoms with E-state index in [1.54, 1.807) is 7.11 Å². The van der Waals surface area contributed by atoms with Gasteiger partial charge in [0, 0.05) is 10.5 Å². The SMILES string of the molecule is COc1ccc(Br)cc1-n1cncc1C1CCCCN1. The Labute approximate surface area is 127 Å². The van der Waals surface area contributed by atoms with Crippen LogP contribution in [0.1, 0.15) is 31.0 Å². The summed E-state index contributed by atoms with van der Waals surface area (Å²) in [5, 5.41) is 3.57. The Bertz CT molecular complexity index is 591. The van der Waals surface area contributed by atoms with Gasteiger partial charge in [0.15, 0.2) is 0 Å². The van der Waals surface area contributed by atoms with Crippen molar-refractivity contribution in [2.24, 2.45) is 0 Å². The fourth-order valence-corrected chi connectivity index (χ4v) is 3.07. The molecule has 0 amide bonds. The Balaban J connectivity index is 2.02. The standard InChI is InChI=1S/C15H18BrN3O/c1-20-15-6-5-11(16)8-13(15)19-10-17-9-14(19)12-4-2-3-7-18-12/h5-6,8-10,12,18H,2-4,7H2,1H3. The van der Waals surface area contributed by atoms with Crippen LogP contribution in [0.3, 0.4) is 0 Å². The highest BCUT2D eigenvalue weighted by Gasteiger charge is 2.20. The molecule has 1 fully saturated rings. The molecule has 2 aromatic rings. The first kappa shape index (κ1) is 13.6. The summed E-state index contributed by atoms with van der Waals surface area (Å²) in [6.07, 6.45) is 7.48. The zero-order valence-corrected chi connectivity index (χ0v) is 13.1. The molecule has 0 saturated carbocycles. The van der Waals surface area contributed by atoms with Crippen molar-refractivity contribution in [2.45, 2.75) is 25.3 Å². The van der Waals surface area contributed by atoms with Gasteiger partial charge in [-0.1, -0.05) is 22.4 Å². The molecular weight excluding hydrogens is 318 g/mol. The first-order valence-electron chi connectivity index (χ1n) is 6.89. The van der Waals surface area contributed by atoms with Crippen LogP contribution in [0.25, 0.3) is 5.69 Å². The summed E-state index contributed by atoms with van der Waals surface area (Å²) >= 11 is 3.53. The fourth-order valence-electron chi connectivity index (χ4n) is 2.72. The molecule has 4 nitrogen and oxygen atoms in total. The minimum Gasteiger partial charge on any atom is -0.495 e. The van der Waals surface area contributed by atoms with Crippen molar-refractivity contribution in [1.82, 2.24) is 14.9 Å². The van der Waals surface area contributed by atoms with E-state index in [2.05, 4.69) is 36.9 Å². The average Bonchev–Trinajstić information content (AvgIpc) is 2.97. The molecule has 20 heavy (non-hydrogen) atoms. The molecule has 1 atom stereocenters. The topological polar surface area (TPSA) is 39.1 Å². The summed E-state index contributed by atoms with van der Waals surface area (Å²) in [7, 11) is 1.70. The highest BCUT2D eigenvalue weighted by Crippen LogP contribution is 2.31. The van der Waals surface area contributed by atoms with E-state index in [1.165, 1.54) is 18.5 Å². The monoisotopic (exact) mass is 335 g/mol. The molecule has 1 aromatic carbocycles. The number of nitrogens with one attached hydrogen (secondary N) is 1. The van der Waals surface area contributed by atoms with E-state index >= 15 is 0 Å². The van der Waals surface area contributed by atoms with Gasteiger partial charge < -0.3 is 10.1 Å². The Kier molecular flexibility index (Phi) is 4.08. The number of hydrogen-bond acceptors (Lipinski definition) is 3. The van der Waals surface area contributed by atoms with E-state index < -0.39 is 0 Å². The number of benzene rings is 1. The van der Waals surface area contributed by atoms with Crippen LogP contribution in [0.5, 0.6) is 5.75 Å². The fraction of sp³-hybridized carbons (Fsp3) is 0.400. The van der Waals surface area contributed by atoms with Gasteiger partial charge >= 0.3 is 0 Å². The average molecular weight is 336 g/mol. The van der Waals surface area contributed by atoms with E-state index in [4.69, 9.17) is 4.74 Å². The number of rotatable bonds is 3. The highest BCUT2D eigenvalue weighted by molar-refractivity contribution is 9.10. The number of imidazole rings is 1. The van der Waals surface area contributed by atoms with Crippen LogP contribution in [0.4, 0.5) is 0 Å². The number of methoxy groups -OCH3 is 1. The molecular formula is C15H18BrN3O. The molecule has 1 unspecified atom stereocenters. The van der Waals surface area contributed by atoms with Crippen molar-refractivity contribution in [1.29, 1.82) is 0 Å². The first-order chi connectivity index (χ1) is 9.79. The van der Waals surface area contributed by atoms with Gasteiger partial charge in [-0.25, -0.2) is 4.98 Å². The molecule has 106 valence electrons. The van der Waals surface area contributed by atoms with Crippen molar-refractivity contribution in [3.8, 4) is 11.4 Å². The van der Waals surface area contributed by atoms with Gasteiger partial charge in [0.2, 0.25) is 0 Å². The Hall–Kier alpha value is -1.33. The molecule has 1 saturated heterocycles. The Morgan fingerprint density at radius 2 is 2.30 bits per heavy atom. The van der Waals surface area contributed by atoms with E-state index in [1.807, 2.05) is 24.7 Å². The van der Waals surface area contributed by atoms with Crippen LogP contribution >= 0.6 is 15.9 Å². The largest absolute Gasteiger partial charge is 0.495 e. The maximum absolute atomic E-state index is 5.48. The van der Waals surface area contributed by atoms with Crippen molar-refractivity contribution in [2.75, 3.05) is 13.7 Å². The summed E-state index contributed by atoms with van der Waals surface area (Å²) < 4.78 is 8.63. The molecule has 1 aliphatic heterocycles. The number of aromatic nitrogens is 2. The third kappa shape index (κ3) is 2.60. The van der Waals surface area contributed by atoms with Crippen molar-refractivity contribution in [3.63, 3.8) is 0 Å². The summed E-state index contributed by atoms with van der Waals surface area (Å²) in [5.41, 5.74) is 2.21. The number of nitrogens with zero attached hydrogens (tertiary/aromatic N) is 2. The van der Waals surface area contributed by atoms with E-state index in [9.17, 15) is 0 Å². The maximum atomic E-state index is 5.48. The van der Waals surface area contributed by atoms with Crippen LogP contribution in [-0.2, 0) is 0 Å². The second-order valence-electron chi connectivity index (χ2n) is 5.01. The minimum atomic E-state index is 0.370. The Morgan fingerprint density at radius 1 is 1.40 bits per heavy atom. The maximum Gasteiger partial charge on any atom is 0.142 e. The van der Waals surface area contributed by atoms with Gasteiger partial charge in [0.05, 0.1) is 31.0 Å². The number of piperidine rings is 1. The summed E-state index contributed by atoms with van der Waals surface area (Å²) in [6, 6.07) is 6.39. The quantitative estimate of drug-likeness (QED) is 0.933. The molecule has 2 heterocycles. The van der Waals surface area contributed by atoms with Gasteiger partial charge in [-0.3, -0.25) is 4.57 Å². The van der Waals surface area contributed by atoms with Crippen molar-refractivity contribution in [3.05, 3.63) is 40.9 Å². The molecule has 5 heteroatoms. The van der Waals surface area contributed by atoms with E-state index in [-0.39, 0.29) is 0 Å². The lowest BCUT2D eigenvalue weighted by Crippen LogP contribution is -2.28. The predicted octanol–water partition coefficient (Wildman–Crippen LogP) is 3.46. The highest BCUT2D eigenvalue weighted by atomic mass is 79.9. The third-order valence-corrected chi connectivity index (χ3v) is 4.23. The van der Waals surface area contributed by atoms with Crippen LogP contribution in [0, 0.1) is 0 Å². The smallest absolute Gasteiger partial charge is 0.142 e. The lowest BCUT2D eigenvalue weighted by Gasteiger charge is -2.25. The molecule has 1 aliphatic rings. The minimum absolute atomic E-state index is 0.370. The zero-order chi connectivity index (χ0) is 13.9. The molecule has 0 aliphatic carbocycles. The second-order valence-corrected chi connectivity index (χ2v) is 5.92. The van der Waals surface area contributed by atoms with Gasteiger partial charge in [-0.15, -0.1) is 0 Å². The van der Waals surface area contributed by atoms with Gasteiger partial charge in [0.25, 0.3) is 0 Å². The van der Waals surface area contributed by atoms with E-state index in [0.29, 0.717) is 6.04 Å². The first-order valence-corrected chi connectivity index (χ1v) is 7.68. The zero-order valence-electron chi connectivity index (χ0n) is 11.5. The van der Waals surface area contributed by atoms with Gasteiger partial charge in [-0.2, -0.15) is 0 Å². The van der Waals surface area contributed by atoms with Crippen LogP contribution in [0.2, 0.25) is 0 Å². The van der Waals surface area contributed by atoms with Crippen LogP contribution < -0.4 is 10.1 Å². The predicted molar refractivity (Wildman–Crippen MR) is 82.4 cm³/mol. The number of halogens is 1. The normalized spacial score (nSPS) is 19.0. The number of ether oxygens (including phenoxy) is 1. The van der Waals surface area contributed by atoms with Crippen LogP contribution in [0.15, 0.2) is 35.2 Å². The van der Waals surface area contributed by atoms with Crippen molar-refractivity contribution < 1.29 is 4.74 Å². The Morgan fingerprint density at radius 3 is 3.05 bits per heavy atom. The van der Waals surface area contributed by atoms with Gasteiger partial charge in [0.1, 0.15) is 5.75 Å². The van der Waals surface area contributed by atoms with E-state index in [0.717, 1.165) is 28.9 Å². The number of hydrogen-bond donors (Lipinski definition) is 1.